The third kappa shape index (κ3) is 4.39. The van der Waals surface area contributed by atoms with E-state index in [9.17, 15) is 4.79 Å². The van der Waals surface area contributed by atoms with Gasteiger partial charge in [0.25, 0.3) is 0 Å². The van der Waals surface area contributed by atoms with E-state index in [0.717, 1.165) is 77.1 Å². The van der Waals surface area contributed by atoms with Crippen molar-refractivity contribution in [1.82, 2.24) is 19.8 Å². The highest BCUT2D eigenvalue weighted by Gasteiger charge is 2.18. The Labute approximate surface area is 137 Å². The molecular formula is C16H25N5O2. The zero-order valence-corrected chi connectivity index (χ0v) is 13.8. The molecule has 7 nitrogen and oxygen atoms in total. The van der Waals surface area contributed by atoms with Crippen LogP contribution < -0.4 is 4.90 Å². The van der Waals surface area contributed by atoms with Crippen LogP contribution in [0.3, 0.4) is 0 Å². The first-order valence-corrected chi connectivity index (χ1v) is 8.35. The number of hydrogen-bond donors (Lipinski definition) is 0. The molecule has 0 N–H and O–H groups in total. The third-order valence-corrected chi connectivity index (χ3v) is 4.41. The molecule has 23 heavy (non-hydrogen) atoms. The average Bonchev–Trinajstić information content (AvgIpc) is 2.82. The van der Waals surface area contributed by atoms with Crippen molar-refractivity contribution < 1.29 is 9.53 Å². The molecule has 0 saturated carbocycles. The van der Waals surface area contributed by atoms with Gasteiger partial charge in [-0.1, -0.05) is 0 Å². The first-order chi connectivity index (χ1) is 11.2. The van der Waals surface area contributed by atoms with Crippen molar-refractivity contribution in [3.05, 3.63) is 18.0 Å². The Hall–Kier alpha value is -1.73. The van der Waals surface area contributed by atoms with E-state index in [-0.39, 0.29) is 5.91 Å². The topological polar surface area (TPSA) is 61.8 Å². The molecule has 2 fully saturated rings. The maximum Gasteiger partial charge on any atom is 0.225 e. The van der Waals surface area contributed by atoms with Crippen LogP contribution in [0.15, 0.2) is 12.3 Å². The van der Waals surface area contributed by atoms with E-state index in [2.05, 4.69) is 14.8 Å². The number of hydrogen-bond acceptors (Lipinski definition) is 6. The Morgan fingerprint density at radius 2 is 2.00 bits per heavy atom. The van der Waals surface area contributed by atoms with Gasteiger partial charge in [0.15, 0.2) is 0 Å². The monoisotopic (exact) mass is 319 g/mol. The largest absolute Gasteiger partial charge is 0.378 e. The number of carbonyl (C=O) groups is 1. The predicted octanol–water partition coefficient (Wildman–Crippen LogP) is 0.367. The van der Waals surface area contributed by atoms with Crippen molar-refractivity contribution in [2.75, 3.05) is 57.4 Å². The molecule has 0 radical (unpaired) electrons. The van der Waals surface area contributed by atoms with Crippen molar-refractivity contribution >= 4 is 11.9 Å². The first kappa shape index (κ1) is 16.1. The smallest absolute Gasteiger partial charge is 0.225 e. The standard InChI is InChI=1S/C16H25N5O2/c1-14(22)20-6-2-5-19(7-8-20)13-15-3-4-17-16(18-15)21-9-11-23-12-10-21/h3-4H,2,5-13H2,1H3. The number of anilines is 1. The summed E-state index contributed by atoms with van der Waals surface area (Å²) in [5, 5.41) is 0. The quantitative estimate of drug-likeness (QED) is 0.802. The van der Waals surface area contributed by atoms with Gasteiger partial charge >= 0.3 is 0 Å². The Morgan fingerprint density at radius 3 is 2.78 bits per heavy atom. The number of carbonyl (C=O) groups excluding carboxylic acids is 1. The molecule has 1 aromatic rings. The van der Waals surface area contributed by atoms with Crippen LogP contribution in [0.2, 0.25) is 0 Å². The molecule has 0 bridgehead atoms. The van der Waals surface area contributed by atoms with Gasteiger partial charge in [0.2, 0.25) is 11.9 Å². The molecular weight excluding hydrogens is 294 g/mol. The van der Waals surface area contributed by atoms with Gasteiger partial charge in [-0.05, 0) is 12.5 Å². The fourth-order valence-electron chi connectivity index (χ4n) is 3.06. The minimum atomic E-state index is 0.170. The Morgan fingerprint density at radius 1 is 1.17 bits per heavy atom. The van der Waals surface area contributed by atoms with Crippen LogP contribution in [-0.2, 0) is 16.1 Å². The van der Waals surface area contributed by atoms with Gasteiger partial charge in [0.05, 0.1) is 18.9 Å². The lowest BCUT2D eigenvalue weighted by Crippen LogP contribution is -2.37. The van der Waals surface area contributed by atoms with Gasteiger partial charge in [0.1, 0.15) is 0 Å². The lowest BCUT2D eigenvalue weighted by atomic mass is 10.3. The number of ether oxygens (including phenoxy) is 1. The molecule has 3 rings (SSSR count). The summed E-state index contributed by atoms with van der Waals surface area (Å²) in [6, 6.07) is 1.98. The van der Waals surface area contributed by atoms with Crippen molar-refractivity contribution in [3.8, 4) is 0 Å². The van der Waals surface area contributed by atoms with Crippen LogP contribution in [0, 0.1) is 0 Å². The van der Waals surface area contributed by atoms with Crippen LogP contribution in [0.25, 0.3) is 0 Å². The Bertz CT molecular complexity index is 533. The van der Waals surface area contributed by atoms with Gasteiger partial charge in [-0.15, -0.1) is 0 Å². The van der Waals surface area contributed by atoms with Crippen molar-refractivity contribution in [2.45, 2.75) is 19.9 Å². The highest BCUT2D eigenvalue weighted by molar-refractivity contribution is 5.73. The van der Waals surface area contributed by atoms with Gasteiger partial charge in [-0.2, -0.15) is 0 Å². The van der Waals surface area contributed by atoms with E-state index in [1.54, 1.807) is 6.92 Å². The van der Waals surface area contributed by atoms with E-state index in [0.29, 0.717) is 0 Å². The minimum Gasteiger partial charge on any atom is -0.378 e. The zero-order valence-electron chi connectivity index (χ0n) is 13.8. The summed E-state index contributed by atoms with van der Waals surface area (Å²) in [4.78, 5) is 27.1. The summed E-state index contributed by atoms with van der Waals surface area (Å²) >= 11 is 0. The number of nitrogens with zero attached hydrogens (tertiary/aromatic N) is 5. The summed E-state index contributed by atoms with van der Waals surface area (Å²) in [5.74, 6) is 0.967. The Kier molecular flexibility index (Phi) is 5.40. The minimum absolute atomic E-state index is 0.170. The first-order valence-electron chi connectivity index (χ1n) is 8.35. The summed E-state index contributed by atoms with van der Waals surface area (Å²) < 4.78 is 5.38. The van der Waals surface area contributed by atoms with Crippen molar-refractivity contribution in [2.24, 2.45) is 0 Å². The molecule has 2 saturated heterocycles. The SMILES string of the molecule is CC(=O)N1CCCN(Cc2ccnc(N3CCOCC3)n2)CC1. The van der Waals surface area contributed by atoms with Gasteiger partial charge in [-0.25, -0.2) is 9.97 Å². The number of rotatable bonds is 3. The summed E-state index contributed by atoms with van der Waals surface area (Å²) in [7, 11) is 0. The maximum atomic E-state index is 11.5. The lowest BCUT2D eigenvalue weighted by molar-refractivity contribution is -0.128. The van der Waals surface area contributed by atoms with Gasteiger partial charge in [0, 0.05) is 58.9 Å². The maximum absolute atomic E-state index is 11.5. The van der Waals surface area contributed by atoms with E-state index < -0.39 is 0 Å². The number of morpholine rings is 1. The highest BCUT2D eigenvalue weighted by atomic mass is 16.5. The normalized spacial score (nSPS) is 20.4. The molecule has 7 heteroatoms. The van der Waals surface area contributed by atoms with E-state index in [1.807, 2.05) is 17.2 Å². The highest BCUT2D eigenvalue weighted by Crippen LogP contribution is 2.12. The average molecular weight is 319 g/mol. The second-order valence-corrected chi connectivity index (χ2v) is 6.08. The molecule has 2 aliphatic rings. The van der Waals surface area contributed by atoms with E-state index in [4.69, 9.17) is 9.72 Å². The molecule has 2 aliphatic heterocycles. The molecule has 1 aromatic heterocycles. The number of aromatic nitrogens is 2. The van der Waals surface area contributed by atoms with Crippen LogP contribution >= 0.6 is 0 Å². The zero-order chi connectivity index (χ0) is 16.1. The number of amides is 1. The lowest BCUT2D eigenvalue weighted by Gasteiger charge is -2.27. The fraction of sp³-hybridized carbons (Fsp3) is 0.688. The van der Waals surface area contributed by atoms with Crippen LogP contribution in [0.4, 0.5) is 5.95 Å². The summed E-state index contributed by atoms with van der Waals surface area (Å²) in [5.41, 5.74) is 1.04. The van der Waals surface area contributed by atoms with Crippen molar-refractivity contribution in [1.29, 1.82) is 0 Å². The van der Waals surface area contributed by atoms with E-state index in [1.165, 1.54) is 0 Å². The molecule has 0 atom stereocenters. The van der Waals surface area contributed by atoms with Crippen molar-refractivity contribution in [3.63, 3.8) is 0 Å². The molecule has 0 spiro atoms. The van der Waals surface area contributed by atoms with Gasteiger partial charge in [-0.3, -0.25) is 9.69 Å². The molecule has 1 amide bonds. The molecule has 0 aliphatic carbocycles. The fourth-order valence-corrected chi connectivity index (χ4v) is 3.06. The predicted molar refractivity (Wildman–Crippen MR) is 87.2 cm³/mol. The molecule has 0 aromatic carbocycles. The summed E-state index contributed by atoms with van der Waals surface area (Å²) in [6.07, 6.45) is 2.85. The summed E-state index contributed by atoms with van der Waals surface area (Å²) in [6.45, 7) is 9.19. The molecule has 0 unspecified atom stereocenters. The van der Waals surface area contributed by atoms with Crippen LogP contribution in [0.1, 0.15) is 19.0 Å². The second kappa shape index (κ2) is 7.70. The molecule has 3 heterocycles. The van der Waals surface area contributed by atoms with Crippen LogP contribution in [-0.4, -0.2) is 78.2 Å². The Balaban J connectivity index is 1.60. The molecule has 126 valence electrons. The second-order valence-electron chi connectivity index (χ2n) is 6.08. The van der Waals surface area contributed by atoms with Gasteiger partial charge < -0.3 is 14.5 Å². The van der Waals surface area contributed by atoms with Crippen LogP contribution in [0.5, 0.6) is 0 Å². The third-order valence-electron chi connectivity index (χ3n) is 4.41. The van der Waals surface area contributed by atoms with E-state index >= 15 is 0 Å².